The topological polar surface area (TPSA) is 52.9 Å². The van der Waals surface area contributed by atoms with Crippen LogP contribution in [0.15, 0.2) is 65.3 Å². The van der Waals surface area contributed by atoms with Gasteiger partial charge in [0.05, 0.1) is 11.3 Å². The van der Waals surface area contributed by atoms with E-state index in [1.54, 1.807) is 30.5 Å². The molecular weight excluding hydrogens is 300 g/mol. The molecule has 1 heterocycles. The highest BCUT2D eigenvalue weighted by atomic mass is 16.4. The fourth-order valence-electron chi connectivity index (χ4n) is 3.21. The predicted molar refractivity (Wildman–Crippen MR) is 97.5 cm³/mol. The van der Waals surface area contributed by atoms with Crippen LogP contribution < -0.4 is 4.90 Å². The van der Waals surface area contributed by atoms with E-state index in [2.05, 4.69) is 49.0 Å². The highest BCUT2D eigenvalue weighted by molar-refractivity contribution is 5.89. The maximum Gasteiger partial charge on any atom is 0.335 e. The van der Waals surface area contributed by atoms with Crippen molar-refractivity contribution in [1.82, 2.24) is 0 Å². The Morgan fingerprint density at radius 3 is 2.62 bits per heavy atom. The summed E-state index contributed by atoms with van der Waals surface area (Å²) in [4.78, 5) is 17.6. The van der Waals surface area contributed by atoms with Crippen LogP contribution in [0.4, 0.5) is 11.4 Å². The zero-order chi connectivity index (χ0) is 17.3. The minimum Gasteiger partial charge on any atom is -0.478 e. The van der Waals surface area contributed by atoms with Crippen LogP contribution in [0.3, 0.4) is 0 Å². The molecule has 2 aromatic rings. The summed E-state index contributed by atoms with van der Waals surface area (Å²) in [6, 6.07) is 15.0. The Labute approximate surface area is 141 Å². The molecule has 1 N–H and O–H groups in total. The van der Waals surface area contributed by atoms with Crippen LogP contribution in [0.5, 0.6) is 0 Å². The van der Waals surface area contributed by atoms with Gasteiger partial charge in [-0.1, -0.05) is 38.1 Å². The number of fused-ring (bicyclic) bond motifs is 1. The van der Waals surface area contributed by atoms with Gasteiger partial charge in [0.1, 0.15) is 0 Å². The third-order valence-electron chi connectivity index (χ3n) is 4.49. The van der Waals surface area contributed by atoms with Gasteiger partial charge in [-0.15, -0.1) is 0 Å². The van der Waals surface area contributed by atoms with Gasteiger partial charge in [-0.25, -0.2) is 4.79 Å². The van der Waals surface area contributed by atoms with Gasteiger partial charge in [-0.05, 0) is 35.9 Å². The largest absolute Gasteiger partial charge is 0.478 e. The van der Waals surface area contributed by atoms with Gasteiger partial charge in [-0.3, -0.25) is 4.99 Å². The summed E-state index contributed by atoms with van der Waals surface area (Å²) in [7, 11) is 2.05. The summed E-state index contributed by atoms with van der Waals surface area (Å²) in [6.07, 6.45) is 3.73. The van der Waals surface area contributed by atoms with E-state index in [1.165, 1.54) is 11.3 Å². The van der Waals surface area contributed by atoms with E-state index >= 15 is 0 Å². The van der Waals surface area contributed by atoms with E-state index in [0.717, 1.165) is 5.70 Å². The van der Waals surface area contributed by atoms with Crippen molar-refractivity contribution in [2.45, 2.75) is 19.3 Å². The summed E-state index contributed by atoms with van der Waals surface area (Å²) in [5, 5.41) is 9.04. The van der Waals surface area contributed by atoms with Gasteiger partial charge >= 0.3 is 5.97 Å². The number of allylic oxidation sites excluding steroid dienone is 2. The molecule has 0 amide bonds. The second-order valence-corrected chi connectivity index (χ2v) is 6.39. The van der Waals surface area contributed by atoms with Crippen molar-refractivity contribution in [2.24, 2.45) is 4.99 Å². The Balaban J connectivity index is 1.90. The lowest BCUT2D eigenvalue weighted by Crippen LogP contribution is -2.23. The summed E-state index contributed by atoms with van der Waals surface area (Å²) < 4.78 is 0. The molecule has 122 valence electrons. The van der Waals surface area contributed by atoms with E-state index in [4.69, 9.17) is 5.11 Å². The number of hydrogen-bond donors (Lipinski definition) is 1. The van der Waals surface area contributed by atoms with Crippen molar-refractivity contribution in [2.75, 3.05) is 11.9 Å². The maximum absolute atomic E-state index is 11.0. The second kappa shape index (κ2) is 5.96. The van der Waals surface area contributed by atoms with Crippen LogP contribution in [0.1, 0.15) is 29.8 Å². The molecule has 0 fully saturated rings. The first-order valence-corrected chi connectivity index (χ1v) is 7.82. The van der Waals surface area contributed by atoms with Crippen molar-refractivity contribution in [3.63, 3.8) is 0 Å². The van der Waals surface area contributed by atoms with Gasteiger partial charge in [0.25, 0.3) is 0 Å². The molecule has 4 nitrogen and oxygen atoms in total. The minimum absolute atomic E-state index is 0.0969. The van der Waals surface area contributed by atoms with E-state index in [0.29, 0.717) is 5.69 Å². The average molecular weight is 320 g/mol. The standard InChI is InChI=1S/C20H20N2O2/c1-20(2)16-9-4-5-10-17(16)22(3)18(20)11-12-21-15-8-6-7-14(13-15)19(23)24/h4-13H,1-3H3,(H,23,24)/b18-11-,21-12+. The van der Waals surface area contributed by atoms with Gasteiger partial charge in [0.15, 0.2) is 0 Å². The third kappa shape index (κ3) is 2.71. The first-order chi connectivity index (χ1) is 11.4. The number of likely N-dealkylation sites (N-methyl/N-ethyl adjacent to an activating group) is 1. The summed E-state index contributed by atoms with van der Waals surface area (Å²) in [6.45, 7) is 4.39. The lowest BCUT2D eigenvalue weighted by Gasteiger charge is -2.23. The fraction of sp³-hybridized carbons (Fsp3) is 0.200. The zero-order valence-corrected chi connectivity index (χ0v) is 14.0. The summed E-state index contributed by atoms with van der Waals surface area (Å²) in [5.41, 5.74) is 4.42. The normalized spacial score (nSPS) is 17.5. The quantitative estimate of drug-likeness (QED) is 0.853. The van der Waals surface area contributed by atoms with Crippen LogP contribution >= 0.6 is 0 Å². The Morgan fingerprint density at radius 1 is 1.17 bits per heavy atom. The van der Waals surface area contributed by atoms with Crippen molar-refractivity contribution in [3.8, 4) is 0 Å². The molecular formula is C20H20N2O2. The highest BCUT2D eigenvalue weighted by Crippen LogP contribution is 2.46. The number of aromatic carboxylic acids is 1. The Kier molecular flexibility index (Phi) is 3.97. The molecule has 0 unspecified atom stereocenters. The third-order valence-corrected chi connectivity index (χ3v) is 4.49. The lowest BCUT2D eigenvalue weighted by atomic mass is 9.84. The van der Waals surface area contributed by atoms with Crippen molar-refractivity contribution >= 4 is 23.6 Å². The molecule has 0 aromatic heterocycles. The molecule has 4 heteroatoms. The number of nitrogens with zero attached hydrogens (tertiary/aromatic N) is 2. The number of carbonyl (C=O) groups is 1. The second-order valence-electron chi connectivity index (χ2n) is 6.39. The van der Waals surface area contributed by atoms with Gasteiger partial charge < -0.3 is 10.0 Å². The Bertz CT molecular complexity index is 850. The monoisotopic (exact) mass is 320 g/mol. The van der Waals surface area contributed by atoms with E-state index in [9.17, 15) is 4.79 Å². The number of hydrogen-bond acceptors (Lipinski definition) is 3. The van der Waals surface area contributed by atoms with E-state index in [-0.39, 0.29) is 11.0 Å². The summed E-state index contributed by atoms with van der Waals surface area (Å²) in [5.74, 6) is -0.947. The summed E-state index contributed by atoms with van der Waals surface area (Å²) >= 11 is 0. The molecule has 0 saturated heterocycles. The molecule has 1 aliphatic heterocycles. The molecule has 24 heavy (non-hydrogen) atoms. The Morgan fingerprint density at radius 2 is 1.92 bits per heavy atom. The number of carboxylic acid groups (broad SMARTS) is 1. The van der Waals surface area contributed by atoms with Crippen LogP contribution in [-0.2, 0) is 5.41 Å². The number of anilines is 1. The molecule has 0 aliphatic carbocycles. The van der Waals surface area contributed by atoms with Crippen LogP contribution in [0.25, 0.3) is 0 Å². The van der Waals surface area contributed by atoms with Gasteiger partial charge in [-0.2, -0.15) is 0 Å². The number of carboxylic acids is 1. The molecule has 0 bridgehead atoms. The first kappa shape index (κ1) is 16.0. The molecule has 0 saturated carbocycles. The number of para-hydroxylation sites is 1. The predicted octanol–water partition coefficient (Wildman–Crippen LogP) is 4.40. The molecule has 1 aliphatic rings. The van der Waals surface area contributed by atoms with Crippen LogP contribution in [0.2, 0.25) is 0 Å². The molecule has 2 aromatic carbocycles. The molecule has 0 spiro atoms. The zero-order valence-electron chi connectivity index (χ0n) is 14.0. The lowest BCUT2D eigenvalue weighted by molar-refractivity contribution is 0.0697. The SMILES string of the molecule is CN1/C(=C\C=N\c2cccc(C(=O)O)c2)C(C)(C)c2ccccc21. The highest BCUT2D eigenvalue weighted by Gasteiger charge is 2.37. The van der Waals surface area contributed by atoms with Gasteiger partial charge in [0, 0.05) is 30.1 Å². The Hall–Kier alpha value is -2.88. The fourth-order valence-corrected chi connectivity index (χ4v) is 3.21. The maximum atomic E-state index is 11.0. The average Bonchev–Trinajstić information content (AvgIpc) is 2.76. The van der Waals surface area contributed by atoms with E-state index < -0.39 is 5.97 Å². The van der Waals surface area contributed by atoms with E-state index in [1.807, 2.05) is 12.1 Å². The number of aliphatic imine (C=N–C) groups is 1. The molecule has 0 radical (unpaired) electrons. The van der Waals surface area contributed by atoms with Crippen molar-refractivity contribution < 1.29 is 9.90 Å². The first-order valence-electron chi connectivity index (χ1n) is 7.82. The van der Waals surface area contributed by atoms with Gasteiger partial charge in [0.2, 0.25) is 0 Å². The van der Waals surface area contributed by atoms with Crippen molar-refractivity contribution in [3.05, 3.63) is 71.4 Å². The number of benzene rings is 2. The van der Waals surface area contributed by atoms with Crippen molar-refractivity contribution in [1.29, 1.82) is 0 Å². The smallest absolute Gasteiger partial charge is 0.335 e. The number of rotatable bonds is 3. The molecule has 3 rings (SSSR count). The minimum atomic E-state index is -0.947. The molecule has 0 atom stereocenters. The van der Waals surface area contributed by atoms with Crippen LogP contribution in [-0.4, -0.2) is 24.3 Å². The van der Waals surface area contributed by atoms with Crippen LogP contribution in [0, 0.1) is 0 Å².